The first-order valence-corrected chi connectivity index (χ1v) is 3.59. The van der Waals surface area contributed by atoms with Gasteiger partial charge in [-0.05, 0) is 19.1 Å². The zero-order chi connectivity index (χ0) is 5.33. The number of rotatable bonds is 1. The molecule has 1 unspecified atom stereocenters. The molecule has 1 fully saturated rings. The van der Waals surface area contributed by atoms with Gasteiger partial charge in [0, 0.05) is 11.3 Å². The fraction of sp³-hybridized carbons (Fsp3) is 1.00. The van der Waals surface area contributed by atoms with Gasteiger partial charge >= 0.3 is 0 Å². The van der Waals surface area contributed by atoms with Gasteiger partial charge in [-0.2, -0.15) is 11.8 Å². The Morgan fingerprint density at radius 2 is 2.43 bits per heavy atom. The molecule has 1 aliphatic heterocycles. The number of hydrogen-bond donors (Lipinski definition) is 1. The Morgan fingerprint density at radius 3 is 2.43 bits per heavy atom. The van der Waals surface area contributed by atoms with Crippen molar-refractivity contribution >= 4 is 11.8 Å². The molecule has 2 N–H and O–H groups in total. The standard InChI is InChI=1S/C5H11NS/c1-5(4-6)2-3-7-5/h2-4,6H2,1H3. The van der Waals surface area contributed by atoms with Crippen LogP contribution in [0.15, 0.2) is 0 Å². The van der Waals surface area contributed by atoms with Crippen molar-refractivity contribution < 1.29 is 0 Å². The maximum absolute atomic E-state index is 5.45. The largest absolute Gasteiger partial charge is 0.329 e. The second kappa shape index (κ2) is 1.67. The van der Waals surface area contributed by atoms with Gasteiger partial charge < -0.3 is 5.73 Å². The van der Waals surface area contributed by atoms with Crippen molar-refractivity contribution in [2.24, 2.45) is 5.73 Å². The highest BCUT2D eigenvalue weighted by Gasteiger charge is 2.30. The number of nitrogens with two attached hydrogens (primary N) is 1. The van der Waals surface area contributed by atoms with E-state index in [-0.39, 0.29) is 0 Å². The average molecular weight is 117 g/mol. The topological polar surface area (TPSA) is 26.0 Å². The normalized spacial score (nSPS) is 40.3. The van der Waals surface area contributed by atoms with E-state index in [9.17, 15) is 0 Å². The lowest BCUT2D eigenvalue weighted by atomic mass is 10.1. The van der Waals surface area contributed by atoms with Crippen LogP contribution in [0.4, 0.5) is 0 Å². The molecule has 1 rings (SSSR count). The van der Waals surface area contributed by atoms with Crippen molar-refractivity contribution in [1.29, 1.82) is 0 Å². The molecule has 0 radical (unpaired) electrons. The molecule has 1 heterocycles. The van der Waals surface area contributed by atoms with Gasteiger partial charge in [0.15, 0.2) is 0 Å². The highest BCUT2D eigenvalue weighted by atomic mass is 32.2. The third-order valence-corrected chi connectivity index (χ3v) is 2.99. The Hall–Kier alpha value is 0.310. The Bertz CT molecular complexity index is 63.0. The monoisotopic (exact) mass is 117 g/mol. The molecule has 0 aromatic carbocycles. The lowest BCUT2D eigenvalue weighted by Crippen LogP contribution is -2.38. The van der Waals surface area contributed by atoms with Gasteiger partial charge in [-0.1, -0.05) is 0 Å². The van der Waals surface area contributed by atoms with E-state index in [1.54, 1.807) is 0 Å². The summed E-state index contributed by atoms with van der Waals surface area (Å²) >= 11 is 1.98. The van der Waals surface area contributed by atoms with Crippen LogP contribution in [0.5, 0.6) is 0 Å². The molecule has 0 saturated carbocycles. The highest BCUT2D eigenvalue weighted by molar-refractivity contribution is 8.02. The van der Waals surface area contributed by atoms with Crippen LogP contribution in [-0.2, 0) is 0 Å². The summed E-state index contributed by atoms with van der Waals surface area (Å²) in [4.78, 5) is 0. The molecule has 0 bridgehead atoms. The van der Waals surface area contributed by atoms with Crippen LogP contribution in [0.3, 0.4) is 0 Å². The summed E-state index contributed by atoms with van der Waals surface area (Å²) in [5.41, 5.74) is 5.45. The van der Waals surface area contributed by atoms with Crippen LogP contribution < -0.4 is 5.73 Å². The van der Waals surface area contributed by atoms with E-state index < -0.39 is 0 Å². The van der Waals surface area contributed by atoms with Crippen LogP contribution in [0.25, 0.3) is 0 Å². The quantitative estimate of drug-likeness (QED) is 0.551. The molecule has 0 aliphatic carbocycles. The maximum Gasteiger partial charge on any atom is 0.0261 e. The molecule has 7 heavy (non-hydrogen) atoms. The lowest BCUT2D eigenvalue weighted by Gasteiger charge is -2.36. The van der Waals surface area contributed by atoms with Gasteiger partial charge in [0.05, 0.1) is 0 Å². The predicted octanol–water partition coefficient (Wildman–Crippen LogP) is 0.841. The lowest BCUT2D eigenvalue weighted by molar-refractivity contribution is 0.598. The summed E-state index contributed by atoms with van der Waals surface area (Å²) < 4.78 is 0.458. The van der Waals surface area contributed by atoms with Crippen molar-refractivity contribution in [1.82, 2.24) is 0 Å². The molecule has 0 spiro atoms. The molecule has 0 aromatic rings. The Kier molecular flexibility index (Phi) is 1.30. The molecule has 0 aromatic heterocycles. The van der Waals surface area contributed by atoms with E-state index in [0.29, 0.717) is 4.75 Å². The Labute approximate surface area is 48.7 Å². The third kappa shape index (κ3) is 0.916. The van der Waals surface area contributed by atoms with Gasteiger partial charge in [-0.15, -0.1) is 0 Å². The summed E-state index contributed by atoms with van der Waals surface area (Å²) in [6.45, 7) is 3.07. The highest BCUT2D eigenvalue weighted by Crippen LogP contribution is 2.38. The van der Waals surface area contributed by atoms with E-state index in [1.807, 2.05) is 11.8 Å². The van der Waals surface area contributed by atoms with E-state index >= 15 is 0 Å². The zero-order valence-electron chi connectivity index (χ0n) is 4.61. The summed E-state index contributed by atoms with van der Waals surface area (Å²) in [5.74, 6) is 1.31. The van der Waals surface area contributed by atoms with Crippen LogP contribution in [0, 0.1) is 0 Å². The summed E-state index contributed by atoms with van der Waals surface area (Å²) in [6.07, 6.45) is 1.31. The molecular formula is C5H11NS. The first-order chi connectivity index (χ1) is 3.27. The van der Waals surface area contributed by atoms with Gasteiger partial charge in [0.25, 0.3) is 0 Å². The molecule has 42 valence electrons. The SMILES string of the molecule is CC1(CN)CCS1. The number of hydrogen-bond acceptors (Lipinski definition) is 2. The van der Waals surface area contributed by atoms with Gasteiger partial charge in [-0.3, -0.25) is 0 Å². The Morgan fingerprint density at radius 1 is 1.86 bits per heavy atom. The third-order valence-electron chi connectivity index (χ3n) is 1.51. The first-order valence-electron chi connectivity index (χ1n) is 2.61. The molecular weight excluding hydrogens is 106 g/mol. The second-order valence-electron chi connectivity index (χ2n) is 2.25. The van der Waals surface area contributed by atoms with Crippen molar-refractivity contribution in [3.05, 3.63) is 0 Å². The van der Waals surface area contributed by atoms with Crippen molar-refractivity contribution in [2.75, 3.05) is 12.3 Å². The minimum Gasteiger partial charge on any atom is -0.329 e. The smallest absolute Gasteiger partial charge is 0.0261 e. The summed E-state index contributed by atoms with van der Waals surface area (Å²) in [7, 11) is 0. The Balaban J connectivity index is 2.29. The molecule has 1 atom stereocenters. The van der Waals surface area contributed by atoms with Crippen molar-refractivity contribution in [3.8, 4) is 0 Å². The van der Waals surface area contributed by atoms with Crippen molar-refractivity contribution in [2.45, 2.75) is 18.1 Å². The molecule has 2 heteroatoms. The van der Waals surface area contributed by atoms with Gasteiger partial charge in [0.1, 0.15) is 0 Å². The first kappa shape index (κ1) is 5.45. The summed E-state index contributed by atoms with van der Waals surface area (Å²) in [5, 5.41) is 0. The molecule has 1 saturated heterocycles. The van der Waals surface area contributed by atoms with E-state index in [0.717, 1.165) is 6.54 Å². The molecule has 1 nitrogen and oxygen atoms in total. The van der Waals surface area contributed by atoms with Crippen LogP contribution in [0.1, 0.15) is 13.3 Å². The molecule has 0 amide bonds. The molecule has 1 aliphatic rings. The van der Waals surface area contributed by atoms with E-state index in [4.69, 9.17) is 5.73 Å². The van der Waals surface area contributed by atoms with E-state index in [1.165, 1.54) is 12.2 Å². The van der Waals surface area contributed by atoms with Gasteiger partial charge in [-0.25, -0.2) is 0 Å². The van der Waals surface area contributed by atoms with Crippen molar-refractivity contribution in [3.63, 3.8) is 0 Å². The maximum atomic E-state index is 5.45. The number of thioether (sulfide) groups is 1. The van der Waals surface area contributed by atoms with Crippen LogP contribution in [0.2, 0.25) is 0 Å². The minimum atomic E-state index is 0.458. The van der Waals surface area contributed by atoms with Gasteiger partial charge in [0.2, 0.25) is 0 Å². The fourth-order valence-electron chi connectivity index (χ4n) is 0.612. The predicted molar refractivity (Wildman–Crippen MR) is 34.5 cm³/mol. The minimum absolute atomic E-state index is 0.458. The average Bonchev–Trinajstić information content (AvgIpc) is 1.61. The second-order valence-corrected chi connectivity index (χ2v) is 3.94. The van der Waals surface area contributed by atoms with Crippen LogP contribution in [-0.4, -0.2) is 17.0 Å². The summed E-state index contributed by atoms with van der Waals surface area (Å²) in [6, 6.07) is 0. The van der Waals surface area contributed by atoms with E-state index in [2.05, 4.69) is 6.92 Å². The zero-order valence-corrected chi connectivity index (χ0v) is 5.42. The fourth-order valence-corrected chi connectivity index (χ4v) is 1.63. The van der Waals surface area contributed by atoms with Crippen LogP contribution >= 0.6 is 11.8 Å².